The van der Waals surface area contributed by atoms with E-state index >= 15 is 0 Å². The SMILES string of the molecule is CCNc1nc(C)cc(NCCNS(=O)(=O)c2ccc(C(F)(F)F)cc2)n1. The van der Waals surface area contributed by atoms with Gasteiger partial charge in [0.2, 0.25) is 16.0 Å². The number of sulfonamides is 1. The second-order valence-electron chi connectivity index (χ2n) is 5.60. The van der Waals surface area contributed by atoms with Crippen molar-refractivity contribution in [2.75, 3.05) is 30.3 Å². The molecule has 7 nitrogen and oxygen atoms in total. The number of alkyl halides is 3. The zero-order valence-electron chi connectivity index (χ0n) is 14.8. The van der Waals surface area contributed by atoms with Gasteiger partial charge in [0.05, 0.1) is 10.5 Å². The Labute approximate surface area is 155 Å². The van der Waals surface area contributed by atoms with Gasteiger partial charge in [0.1, 0.15) is 5.82 Å². The molecule has 2 rings (SSSR count). The molecule has 0 radical (unpaired) electrons. The molecule has 1 aromatic carbocycles. The molecule has 1 aromatic heterocycles. The largest absolute Gasteiger partial charge is 0.416 e. The van der Waals surface area contributed by atoms with E-state index < -0.39 is 21.8 Å². The van der Waals surface area contributed by atoms with Gasteiger partial charge in [-0.1, -0.05) is 0 Å². The molecule has 0 amide bonds. The van der Waals surface area contributed by atoms with Crippen molar-refractivity contribution in [1.82, 2.24) is 14.7 Å². The van der Waals surface area contributed by atoms with E-state index in [4.69, 9.17) is 0 Å². The predicted octanol–water partition coefficient (Wildman–Crippen LogP) is 2.63. The van der Waals surface area contributed by atoms with Crippen molar-refractivity contribution >= 4 is 21.8 Å². The number of rotatable bonds is 8. The van der Waals surface area contributed by atoms with Crippen molar-refractivity contribution in [1.29, 1.82) is 0 Å². The first-order chi connectivity index (χ1) is 12.6. The molecule has 148 valence electrons. The predicted molar refractivity (Wildman–Crippen MR) is 96.1 cm³/mol. The molecule has 0 spiro atoms. The molecule has 27 heavy (non-hydrogen) atoms. The van der Waals surface area contributed by atoms with E-state index in [0.717, 1.165) is 30.0 Å². The number of anilines is 2. The summed E-state index contributed by atoms with van der Waals surface area (Å²) in [7, 11) is -3.90. The standard InChI is InChI=1S/C16H20F3N5O2S/c1-3-20-15-23-11(2)10-14(24-15)21-8-9-22-27(25,26)13-6-4-12(5-7-13)16(17,18)19/h4-7,10,22H,3,8-9H2,1-2H3,(H2,20,21,23,24). The van der Waals surface area contributed by atoms with E-state index in [-0.39, 0.29) is 18.0 Å². The van der Waals surface area contributed by atoms with E-state index in [1.807, 2.05) is 6.92 Å². The van der Waals surface area contributed by atoms with Crippen LogP contribution in [0.4, 0.5) is 24.9 Å². The number of nitrogens with zero attached hydrogens (tertiary/aromatic N) is 2. The normalized spacial score (nSPS) is 12.0. The second-order valence-corrected chi connectivity index (χ2v) is 7.36. The maximum atomic E-state index is 12.5. The van der Waals surface area contributed by atoms with E-state index in [1.165, 1.54) is 0 Å². The molecule has 0 saturated carbocycles. The van der Waals surface area contributed by atoms with Gasteiger partial charge in [-0.25, -0.2) is 18.1 Å². The molecule has 0 fully saturated rings. The van der Waals surface area contributed by atoms with Gasteiger partial charge < -0.3 is 10.6 Å². The molecule has 0 unspecified atom stereocenters. The van der Waals surface area contributed by atoms with Crippen LogP contribution in [0, 0.1) is 6.92 Å². The highest BCUT2D eigenvalue weighted by molar-refractivity contribution is 7.89. The third-order valence-electron chi connectivity index (χ3n) is 3.40. The molecule has 0 aliphatic rings. The van der Waals surface area contributed by atoms with Crippen LogP contribution in [0.5, 0.6) is 0 Å². The fraction of sp³-hybridized carbons (Fsp3) is 0.375. The van der Waals surface area contributed by atoms with Crippen molar-refractivity contribution in [2.24, 2.45) is 0 Å². The van der Waals surface area contributed by atoms with Crippen LogP contribution in [0.2, 0.25) is 0 Å². The molecule has 0 atom stereocenters. The van der Waals surface area contributed by atoms with Gasteiger partial charge in [-0.15, -0.1) is 0 Å². The molecule has 0 aliphatic carbocycles. The summed E-state index contributed by atoms with van der Waals surface area (Å²) < 4.78 is 64.2. The van der Waals surface area contributed by atoms with Gasteiger partial charge in [0.15, 0.2) is 0 Å². The minimum absolute atomic E-state index is 0.0307. The Kier molecular flexibility index (Phi) is 6.60. The van der Waals surface area contributed by atoms with Crippen LogP contribution < -0.4 is 15.4 Å². The lowest BCUT2D eigenvalue weighted by Crippen LogP contribution is -2.29. The van der Waals surface area contributed by atoms with Gasteiger partial charge in [0, 0.05) is 31.4 Å². The average molecular weight is 403 g/mol. The molecule has 0 aliphatic heterocycles. The van der Waals surface area contributed by atoms with Crippen molar-refractivity contribution in [3.8, 4) is 0 Å². The molecule has 0 saturated heterocycles. The second kappa shape index (κ2) is 8.53. The summed E-state index contributed by atoms with van der Waals surface area (Å²) in [6, 6.07) is 5.03. The van der Waals surface area contributed by atoms with Crippen molar-refractivity contribution in [3.05, 3.63) is 41.6 Å². The Bertz CT molecular complexity index is 871. The summed E-state index contributed by atoms with van der Waals surface area (Å²) in [5.41, 5.74) is -0.160. The summed E-state index contributed by atoms with van der Waals surface area (Å²) in [6.45, 7) is 4.65. The van der Waals surface area contributed by atoms with Crippen molar-refractivity contribution in [3.63, 3.8) is 0 Å². The van der Waals surface area contributed by atoms with Gasteiger partial charge in [0.25, 0.3) is 0 Å². The molecule has 3 N–H and O–H groups in total. The summed E-state index contributed by atoms with van der Waals surface area (Å²) in [4.78, 5) is 8.20. The zero-order chi connectivity index (χ0) is 20.1. The molecular formula is C16H20F3N5O2S. The van der Waals surface area contributed by atoms with Crippen LogP contribution >= 0.6 is 0 Å². The number of hydrogen-bond acceptors (Lipinski definition) is 6. The summed E-state index contributed by atoms with van der Waals surface area (Å²) in [6.07, 6.45) is -4.51. The highest BCUT2D eigenvalue weighted by Gasteiger charge is 2.30. The van der Waals surface area contributed by atoms with Crippen molar-refractivity contribution < 1.29 is 21.6 Å². The minimum atomic E-state index is -4.51. The maximum Gasteiger partial charge on any atom is 0.416 e. The van der Waals surface area contributed by atoms with Crippen LogP contribution in [0.3, 0.4) is 0 Å². The minimum Gasteiger partial charge on any atom is -0.369 e. The molecule has 11 heteroatoms. The van der Waals surface area contributed by atoms with Crippen molar-refractivity contribution in [2.45, 2.75) is 24.9 Å². The van der Waals surface area contributed by atoms with Crippen LogP contribution in [0.25, 0.3) is 0 Å². The summed E-state index contributed by atoms with van der Waals surface area (Å²) in [5, 5.41) is 5.96. The van der Waals surface area contributed by atoms with Gasteiger partial charge in [-0.05, 0) is 38.1 Å². The van der Waals surface area contributed by atoms with E-state index in [1.54, 1.807) is 13.0 Å². The fourth-order valence-electron chi connectivity index (χ4n) is 2.18. The van der Waals surface area contributed by atoms with E-state index in [0.29, 0.717) is 18.3 Å². The monoisotopic (exact) mass is 403 g/mol. The topological polar surface area (TPSA) is 96.0 Å². The van der Waals surface area contributed by atoms with E-state index in [2.05, 4.69) is 25.3 Å². The Morgan fingerprint density at radius 2 is 1.70 bits per heavy atom. The van der Waals surface area contributed by atoms with E-state index in [9.17, 15) is 21.6 Å². The van der Waals surface area contributed by atoms with Gasteiger partial charge in [-0.2, -0.15) is 18.2 Å². The lowest BCUT2D eigenvalue weighted by Gasteiger charge is -2.11. The number of aryl methyl sites for hydroxylation is 1. The third kappa shape index (κ3) is 6.07. The molecule has 0 bridgehead atoms. The van der Waals surface area contributed by atoms with Gasteiger partial charge in [-0.3, -0.25) is 0 Å². The van der Waals surface area contributed by atoms with Crippen LogP contribution in [0.1, 0.15) is 18.2 Å². The summed E-state index contributed by atoms with van der Waals surface area (Å²) in [5.74, 6) is 0.998. The zero-order valence-corrected chi connectivity index (χ0v) is 15.6. The Morgan fingerprint density at radius 3 is 2.30 bits per heavy atom. The third-order valence-corrected chi connectivity index (χ3v) is 4.88. The van der Waals surface area contributed by atoms with Crippen LogP contribution in [-0.2, 0) is 16.2 Å². The lowest BCUT2D eigenvalue weighted by atomic mass is 10.2. The van der Waals surface area contributed by atoms with Crippen LogP contribution in [0.15, 0.2) is 35.2 Å². The number of hydrogen-bond donors (Lipinski definition) is 3. The Morgan fingerprint density at radius 1 is 1.04 bits per heavy atom. The lowest BCUT2D eigenvalue weighted by molar-refractivity contribution is -0.137. The fourth-order valence-corrected chi connectivity index (χ4v) is 3.21. The highest BCUT2D eigenvalue weighted by Crippen LogP contribution is 2.29. The number of nitrogens with one attached hydrogen (secondary N) is 3. The maximum absolute atomic E-state index is 12.5. The average Bonchev–Trinajstić information content (AvgIpc) is 2.58. The first kappa shape index (κ1) is 20.9. The van der Waals surface area contributed by atoms with Crippen LogP contribution in [-0.4, -0.2) is 38.0 Å². The number of aromatic nitrogens is 2. The number of halogens is 3. The Balaban J connectivity index is 1.92. The summed E-state index contributed by atoms with van der Waals surface area (Å²) >= 11 is 0. The van der Waals surface area contributed by atoms with Gasteiger partial charge >= 0.3 is 6.18 Å². The highest BCUT2D eigenvalue weighted by atomic mass is 32.2. The molecule has 2 aromatic rings. The Hall–Kier alpha value is -2.40. The first-order valence-electron chi connectivity index (χ1n) is 8.12. The number of benzene rings is 1. The smallest absolute Gasteiger partial charge is 0.369 e. The quantitative estimate of drug-likeness (QED) is 0.587. The molecular weight excluding hydrogens is 383 g/mol. The first-order valence-corrected chi connectivity index (χ1v) is 9.60. The molecule has 1 heterocycles.